The van der Waals surface area contributed by atoms with Gasteiger partial charge < -0.3 is 0 Å². The Morgan fingerprint density at radius 1 is 0.288 bits per heavy atom. The van der Waals surface area contributed by atoms with Gasteiger partial charge in [-0.1, -0.05) is 194 Å². The van der Waals surface area contributed by atoms with E-state index in [2.05, 4.69) is 235 Å². The summed E-state index contributed by atoms with van der Waals surface area (Å²) in [6.07, 6.45) is 0. The molecule has 0 spiro atoms. The van der Waals surface area contributed by atoms with Gasteiger partial charge >= 0.3 is 0 Å². The van der Waals surface area contributed by atoms with Gasteiger partial charge in [0.2, 0.25) is 0 Å². The molecule has 0 bridgehead atoms. The van der Waals surface area contributed by atoms with Crippen LogP contribution in [0, 0.1) is 0 Å². The second-order valence-electron chi connectivity index (χ2n) is 15.1. The van der Waals surface area contributed by atoms with Crippen molar-refractivity contribution < 1.29 is 0 Å². The third-order valence-corrected chi connectivity index (χ3v) is 11.6. The van der Waals surface area contributed by atoms with Crippen LogP contribution in [0.2, 0.25) is 0 Å². The van der Waals surface area contributed by atoms with Crippen molar-refractivity contribution in [1.29, 1.82) is 0 Å². The molecular weight excluding hydrogens is 713 g/mol. The van der Waals surface area contributed by atoms with Gasteiger partial charge in [-0.15, -0.1) is 0 Å². The molecule has 1 heterocycles. The van der Waals surface area contributed by atoms with E-state index < -0.39 is 0 Å². The number of para-hydroxylation sites is 3. The van der Waals surface area contributed by atoms with E-state index in [1.165, 1.54) is 71.6 Å². The molecule has 2 nitrogen and oxygen atoms in total. The van der Waals surface area contributed by atoms with Crippen molar-refractivity contribution in [3.05, 3.63) is 231 Å². The van der Waals surface area contributed by atoms with Gasteiger partial charge in [0, 0.05) is 11.3 Å². The highest BCUT2D eigenvalue weighted by molar-refractivity contribution is 6.21. The van der Waals surface area contributed by atoms with Crippen molar-refractivity contribution in [2.24, 2.45) is 0 Å². The van der Waals surface area contributed by atoms with Crippen LogP contribution in [0.3, 0.4) is 0 Å². The zero-order chi connectivity index (χ0) is 39.1. The number of aromatic nitrogens is 2. The van der Waals surface area contributed by atoms with Gasteiger partial charge in [0.15, 0.2) is 0 Å². The summed E-state index contributed by atoms with van der Waals surface area (Å²) in [6, 6.07) is 83.1. The Hall–Kier alpha value is -7.81. The lowest BCUT2D eigenvalue weighted by molar-refractivity contribution is 1.10. The van der Waals surface area contributed by atoms with E-state index in [1.54, 1.807) is 0 Å². The topological polar surface area (TPSA) is 17.8 Å². The van der Waals surface area contributed by atoms with Crippen LogP contribution in [0.25, 0.3) is 105 Å². The lowest BCUT2D eigenvalue weighted by Gasteiger charge is -2.20. The second kappa shape index (κ2) is 14.6. The van der Waals surface area contributed by atoms with Crippen molar-refractivity contribution in [2.75, 3.05) is 0 Å². The number of fused-ring (bicyclic) bond motifs is 3. The number of imidazole rings is 1. The minimum absolute atomic E-state index is 0.923. The maximum atomic E-state index is 5.22. The average Bonchev–Trinajstić information content (AvgIpc) is 3.71. The second-order valence-corrected chi connectivity index (χ2v) is 15.1. The summed E-state index contributed by atoms with van der Waals surface area (Å²) in [5.41, 5.74) is 16.3. The van der Waals surface area contributed by atoms with Crippen LogP contribution in [-0.2, 0) is 0 Å². The van der Waals surface area contributed by atoms with Crippen LogP contribution in [0.15, 0.2) is 231 Å². The predicted octanol–water partition coefficient (Wildman–Crippen LogP) is 15.3. The molecule has 0 aliphatic rings. The molecule has 0 radical (unpaired) electrons. The lowest BCUT2D eigenvalue weighted by Crippen LogP contribution is -1.97. The van der Waals surface area contributed by atoms with Crippen molar-refractivity contribution in [1.82, 2.24) is 9.55 Å². The molecule has 0 atom stereocenters. The summed E-state index contributed by atoms with van der Waals surface area (Å²) in [6.45, 7) is 0. The van der Waals surface area contributed by atoms with E-state index in [0.29, 0.717) is 0 Å². The monoisotopic (exact) mass is 750 g/mol. The highest BCUT2D eigenvalue weighted by atomic mass is 15.1. The van der Waals surface area contributed by atoms with Gasteiger partial charge in [0.1, 0.15) is 5.82 Å². The number of benzene rings is 10. The van der Waals surface area contributed by atoms with E-state index in [-0.39, 0.29) is 0 Å². The Bertz CT molecular complexity index is 3190. The first-order chi connectivity index (χ1) is 29.3. The van der Waals surface area contributed by atoms with E-state index >= 15 is 0 Å². The van der Waals surface area contributed by atoms with Crippen LogP contribution in [0.5, 0.6) is 0 Å². The summed E-state index contributed by atoms with van der Waals surface area (Å²) >= 11 is 0. The first-order valence-electron chi connectivity index (χ1n) is 20.2. The molecule has 0 fully saturated rings. The minimum atomic E-state index is 0.923. The molecule has 0 saturated heterocycles. The van der Waals surface area contributed by atoms with Gasteiger partial charge in [0.25, 0.3) is 0 Å². The van der Waals surface area contributed by atoms with Crippen molar-refractivity contribution in [3.63, 3.8) is 0 Å². The van der Waals surface area contributed by atoms with Gasteiger partial charge in [-0.3, -0.25) is 4.57 Å². The Balaban J connectivity index is 1.12. The van der Waals surface area contributed by atoms with E-state index in [4.69, 9.17) is 4.98 Å². The third kappa shape index (κ3) is 6.02. The van der Waals surface area contributed by atoms with E-state index in [9.17, 15) is 0 Å². The Morgan fingerprint density at radius 3 is 1.22 bits per heavy atom. The smallest absolute Gasteiger partial charge is 0.145 e. The largest absolute Gasteiger partial charge is 0.292 e. The third-order valence-electron chi connectivity index (χ3n) is 11.6. The lowest BCUT2D eigenvalue weighted by atomic mass is 9.83. The molecule has 0 aliphatic heterocycles. The molecule has 10 aromatic carbocycles. The Labute approximate surface area is 344 Å². The molecule has 2 heteroatoms. The summed E-state index contributed by atoms with van der Waals surface area (Å²) in [4.78, 5) is 5.22. The molecule has 59 heavy (non-hydrogen) atoms. The first kappa shape index (κ1) is 34.4. The van der Waals surface area contributed by atoms with Gasteiger partial charge in [0.05, 0.1) is 11.0 Å². The number of rotatable bonds is 7. The standard InChI is InChI=1S/C57H38N2/c1-4-19-39(20-5-1)46-33-18-34-47(40-21-6-2-7-22-40)54(46)41-23-16-24-42(37-41)55-48-29-10-12-31-50(48)56(51-32-13-11-30-49(51)55)43-25-17-26-44(38-43)57-58-52-35-14-15-36-53(52)59(57)45-27-8-3-9-28-45/h1-38H. The normalized spacial score (nSPS) is 11.4. The van der Waals surface area contributed by atoms with Crippen molar-refractivity contribution in [3.8, 4) is 72.7 Å². The summed E-state index contributed by atoms with van der Waals surface area (Å²) in [7, 11) is 0. The molecule has 0 N–H and O–H groups in total. The highest BCUT2D eigenvalue weighted by Crippen LogP contribution is 2.46. The minimum Gasteiger partial charge on any atom is -0.292 e. The average molecular weight is 751 g/mol. The van der Waals surface area contributed by atoms with Crippen LogP contribution in [0.4, 0.5) is 0 Å². The molecule has 11 aromatic rings. The van der Waals surface area contributed by atoms with Crippen LogP contribution in [-0.4, -0.2) is 9.55 Å². The summed E-state index contributed by atoms with van der Waals surface area (Å²) in [5.74, 6) is 0.923. The van der Waals surface area contributed by atoms with E-state index in [0.717, 1.165) is 33.7 Å². The first-order valence-corrected chi connectivity index (χ1v) is 20.2. The molecule has 0 unspecified atom stereocenters. The van der Waals surface area contributed by atoms with Gasteiger partial charge in [-0.05, 0) is 114 Å². The summed E-state index contributed by atoms with van der Waals surface area (Å²) < 4.78 is 2.28. The van der Waals surface area contributed by atoms with Crippen molar-refractivity contribution >= 4 is 32.6 Å². The SMILES string of the molecule is c1ccc(-c2cccc(-c3ccccc3)c2-c2cccc(-c3c4ccccc4c(-c4cccc(-c5nc6ccccc6n5-c5ccccc5)c4)c4ccccc34)c2)cc1. The van der Waals surface area contributed by atoms with Crippen LogP contribution in [0.1, 0.15) is 0 Å². The molecule has 0 amide bonds. The molecule has 276 valence electrons. The number of hydrogen-bond acceptors (Lipinski definition) is 1. The maximum Gasteiger partial charge on any atom is 0.145 e. The van der Waals surface area contributed by atoms with Gasteiger partial charge in [-0.2, -0.15) is 0 Å². The molecule has 1 aromatic heterocycles. The fourth-order valence-corrected chi connectivity index (χ4v) is 9.03. The Morgan fingerprint density at radius 2 is 0.678 bits per heavy atom. The van der Waals surface area contributed by atoms with Gasteiger partial charge in [-0.25, -0.2) is 4.98 Å². The number of hydrogen-bond donors (Lipinski definition) is 0. The Kier molecular flexibility index (Phi) is 8.52. The highest BCUT2D eigenvalue weighted by Gasteiger charge is 2.21. The van der Waals surface area contributed by atoms with Crippen LogP contribution < -0.4 is 0 Å². The number of nitrogens with zero attached hydrogens (tertiary/aromatic N) is 2. The zero-order valence-corrected chi connectivity index (χ0v) is 32.3. The molecular formula is C57H38N2. The van der Waals surface area contributed by atoms with Crippen LogP contribution >= 0.6 is 0 Å². The molecule has 0 saturated carbocycles. The fourth-order valence-electron chi connectivity index (χ4n) is 9.03. The quantitative estimate of drug-likeness (QED) is 0.148. The molecule has 0 aliphatic carbocycles. The zero-order valence-electron chi connectivity index (χ0n) is 32.3. The molecule has 11 rings (SSSR count). The summed E-state index contributed by atoms with van der Waals surface area (Å²) in [5, 5.41) is 4.88. The maximum absolute atomic E-state index is 5.22. The van der Waals surface area contributed by atoms with Crippen molar-refractivity contribution in [2.45, 2.75) is 0 Å². The predicted molar refractivity (Wildman–Crippen MR) is 249 cm³/mol. The fraction of sp³-hybridized carbons (Fsp3) is 0. The van der Waals surface area contributed by atoms with E-state index in [1.807, 2.05) is 0 Å².